The zero-order valence-electron chi connectivity index (χ0n) is 10.6. The van der Waals surface area contributed by atoms with E-state index in [9.17, 15) is 0 Å². The fourth-order valence-electron chi connectivity index (χ4n) is 2.73. The summed E-state index contributed by atoms with van der Waals surface area (Å²) in [4.78, 5) is 2.48. The van der Waals surface area contributed by atoms with Crippen LogP contribution in [0.15, 0.2) is 12.4 Å². The van der Waals surface area contributed by atoms with Crippen LogP contribution in [0.3, 0.4) is 0 Å². The van der Waals surface area contributed by atoms with Crippen molar-refractivity contribution in [3.8, 4) is 0 Å². The summed E-state index contributed by atoms with van der Waals surface area (Å²) in [7, 11) is 0. The minimum Gasteiger partial charge on any atom is -0.325 e. The van der Waals surface area contributed by atoms with E-state index in [2.05, 4.69) is 27.8 Å². The van der Waals surface area contributed by atoms with Crippen LogP contribution < -0.4 is 5.73 Å². The van der Waals surface area contributed by atoms with Crippen LogP contribution in [0.5, 0.6) is 0 Å². The number of hydrogen-bond donors (Lipinski definition) is 1. The molecule has 2 N–H and O–H groups in total. The molecule has 1 atom stereocenters. The summed E-state index contributed by atoms with van der Waals surface area (Å²) in [5.74, 6) is 0. The number of likely N-dealkylation sites (N-methyl/N-ethyl adjacent to an activating group) is 1. The molecular weight excluding hydrogens is 212 g/mol. The van der Waals surface area contributed by atoms with Crippen molar-refractivity contribution in [1.29, 1.82) is 0 Å². The van der Waals surface area contributed by atoms with E-state index < -0.39 is 0 Å². The van der Waals surface area contributed by atoms with Gasteiger partial charge in [-0.15, -0.1) is 0 Å². The van der Waals surface area contributed by atoms with Gasteiger partial charge in [-0.1, -0.05) is 6.92 Å². The van der Waals surface area contributed by atoms with Gasteiger partial charge in [-0.25, -0.2) is 0 Å². The van der Waals surface area contributed by atoms with Crippen molar-refractivity contribution in [2.24, 2.45) is 5.73 Å². The maximum atomic E-state index is 6.14. The number of likely N-dealkylation sites (tertiary alicyclic amines) is 1. The average molecular weight is 234 g/mol. The second-order valence-electron chi connectivity index (χ2n) is 5.70. The zero-order chi connectivity index (χ0) is 11.9. The van der Waals surface area contributed by atoms with E-state index in [1.807, 2.05) is 6.20 Å². The van der Waals surface area contributed by atoms with Crippen LogP contribution in [0, 0.1) is 0 Å². The Hall–Kier alpha value is -0.870. The molecule has 94 valence electrons. The van der Waals surface area contributed by atoms with Gasteiger partial charge in [0.25, 0.3) is 0 Å². The van der Waals surface area contributed by atoms with Gasteiger partial charge in [-0.2, -0.15) is 5.10 Å². The molecule has 0 radical (unpaired) electrons. The highest BCUT2D eigenvalue weighted by Gasteiger charge is 2.38. The maximum absolute atomic E-state index is 6.14. The van der Waals surface area contributed by atoms with Crippen LogP contribution in [0.4, 0.5) is 0 Å². The zero-order valence-corrected chi connectivity index (χ0v) is 10.6. The smallest absolute Gasteiger partial charge is 0.0658 e. The van der Waals surface area contributed by atoms with Crippen LogP contribution >= 0.6 is 0 Å². The van der Waals surface area contributed by atoms with Crippen LogP contribution in [-0.2, 0) is 6.42 Å². The third kappa shape index (κ3) is 2.38. The van der Waals surface area contributed by atoms with Crippen molar-refractivity contribution in [2.75, 3.05) is 19.6 Å². The molecule has 4 nitrogen and oxygen atoms in total. The number of hydrogen-bond acceptors (Lipinski definition) is 3. The summed E-state index contributed by atoms with van der Waals surface area (Å²) < 4.78 is 2.15. The molecule has 2 heterocycles. The van der Waals surface area contributed by atoms with Gasteiger partial charge in [0.2, 0.25) is 0 Å². The van der Waals surface area contributed by atoms with Crippen molar-refractivity contribution < 1.29 is 0 Å². The molecule has 1 aliphatic heterocycles. The summed E-state index contributed by atoms with van der Waals surface area (Å²) >= 11 is 0. The highest BCUT2D eigenvalue weighted by Crippen LogP contribution is 2.35. The normalized spacial score (nSPS) is 27.5. The topological polar surface area (TPSA) is 47.1 Å². The predicted molar refractivity (Wildman–Crippen MR) is 67.9 cm³/mol. The fourth-order valence-corrected chi connectivity index (χ4v) is 2.73. The number of rotatable bonds is 4. The van der Waals surface area contributed by atoms with Gasteiger partial charge >= 0.3 is 0 Å². The number of nitrogens with zero attached hydrogens (tertiary/aromatic N) is 3. The summed E-state index contributed by atoms with van der Waals surface area (Å²) in [5, 5.41) is 4.51. The van der Waals surface area contributed by atoms with E-state index in [0.717, 1.165) is 19.5 Å². The van der Waals surface area contributed by atoms with Gasteiger partial charge in [-0.05, 0) is 37.8 Å². The molecule has 0 aromatic carbocycles. The third-order valence-electron chi connectivity index (χ3n) is 4.17. The molecule has 1 aliphatic carbocycles. The molecule has 3 rings (SSSR count). The van der Waals surface area contributed by atoms with Gasteiger partial charge in [0.1, 0.15) is 0 Å². The lowest BCUT2D eigenvalue weighted by Gasteiger charge is -2.13. The summed E-state index contributed by atoms with van der Waals surface area (Å²) in [6.07, 6.45) is 8.77. The SMILES string of the molecule is CCN1CCC(n2cc(CC3(N)CC3)cn2)C1. The van der Waals surface area contributed by atoms with Crippen molar-refractivity contribution >= 4 is 0 Å². The highest BCUT2D eigenvalue weighted by molar-refractivity contribution is 5.15. The lowest BCUT2D eigenvalue weighted by Crippen LogP contribution is -2.24. The van der Waals surface area contributed by atoms with Gasteiger partial charge in [-0.3, -0.25) is 4.68 Å². The summed E-state index contributed by atoms with van der Waals surface area (Å²) in [6.45, 7) is 5.72. The molecule has 1 unspecified atom stereocenters. The Morgan fingerprint density at radius 1 is 1.53 bits per heavy atom. The van der Waals surface area contributed by atoms with Crippen molar-refractivity contribution in [2.45, 2.75) is 44.2 Å². The summed E-state index contributed by atoms with van der Waals surface area (Å²) in [5.41, 5.74) is 7.54. The van der Waals surface area contributed by atoms with Gasteiger partial charge in [0.15, 0.2) is 0 Å². The first-order valence-corrected chi connectivity index (χ1v) is 6.73. The minimum atomic E-state index is 0.0962. The van der Waals surface area contributed by atoms with E-state index in [0.29, 0.717) is 6.04 Å². The molecule has 1 aromatic heterocycles. The molecule has 0 bridgehead atoms. The Morgan fingerprint density at radius 3 is 3.00 bits per heavy atom. The minimum absolute atomic E-state index is 0.0962. The Balaban J connectivity index is 1.64. The predicted octanol–water partition coefficient (Wildman–Crippen LogP) is 1.18. The molecular formula is C13H22N4. The Labute approximate surface area is 103 Å². The summed E-state index contributed by atoms with van der Waals surface area (Å²) in [6, 6.07) is 0.566. The molecule has 0 amide bonds. The fraction of sp³-hybridized carbons (Fsp3) is 0.769. The first-order chi connectivity index (χ1) is 8.18. The lowest BCUT2D eigenvalue weighted by molar-refractivity contribution is 0.335. The largest absolute Gasteiger partial charge is 0.325 e. The van der Waals surface area contributed by atoms with Crippen LogP contribution in [0.2, 0.25) is 0 Å². The first-order valence-electron chi connectivity index (χ1n) is 6.73. The van der Waals surface area contributed by atoms with E-state index in [1.165, 1.54) is 31.4 Å². The molecule has 4 heteroatoms. The monoisotopic (exact) mass is 234 g/mol. The Kier molecular flexibility index (Phi) is 2.71. The van der Waals surface area contributed by atoms with Crippen LogP contribution in [-0.4, -0.2) is 39.9 Å². The van der Waals surface area contributed by atoms with E-state index in [1.54, 1.807) is 0 Å². The first kappa shape index (κ1) is 11.2. The van der Waals surface area contributed by atoms with E-state index in [4.69, 9.17) is 5.73 Å². The van der Waals surface area contributed by atoms with Gasteiger partial charge < -0.3 is 10.6 Å². The second kappa shape index (κ2) is 4.10. The molecule has 17 heavy (non-hydrogen) atoms. The Morgan fingerprint density at radius 2 is 2.35 bits per heavy atom. The van der Waals surface area contributed by atoms with Crippen LogP contribution in [0.1, 0.15) is 37.8 Å². The number of nitrogens with two attached hydrogens (primary N) is 1. The molecule has 1 saturated carbocycles. The quantitative estimate of drug-likeness (QED) is 0.851. The lowest BCUT2D eigenvalue weighted by atomic mass is 10.1. The van der Waals surface area contributed by atoms with Crippen LogP contribution in [0.25, 0.3) is 0 Å². The molecule has 1 saturated heterocycles. The van der Waals surface area contributed by atoms with Gasteiger partial charge in [0, 0.05) is 24.8 Å². The van der Waals surface area contributed by atoms with E-state index in [-0.39, 0.29) is 5.54 Å². The Bertz CT molecular complexity index is 394. The number of aromatic nitrogens is 2. The van der Waals surface area contributed by atoms with Gasteiger partial charge in [0.05, 0.1) is 12.2 Å². The van der Waals surface area contributed by atoms with Crippen molar-refractivity contribution in [1.82, 2.24) is 14.7 Å². The molecule has 2 fully saturated rings. The molecule has 0 spiro atoms. The second-order valence-corrected chi connectivity index (χ2v) is 5.70. The van der Waals surface area contributed by atoms with Crippen molar-refractivity contribution in [3.63, 3.8) is 0 Å². The maximum Gasteiger partial charge on any atom is 0.0658 e. The highest BCUT2D eigenvalue weighted by atomic mass is 15.3. The molecule has 2 aliphatic rings. The van der Waals surface area contributed by atoms with E-state index >= 15 is 0 Å². The third-order valence-corrected chi connectivity index (χ3v) is 4.17. The van der Waals surface area contributed by atoms with Crippen molar-refractivity contribution in [3.05, 3.63) is 18.0 Å². The molecule has 1 aromatic rings. The standard InChI is InChI=1S/C13H22N4/c1-2-16-6-3-12(10-16)17-9-11(8-15-17)7-13(14)4-5-13/h8-9,12H,2-7,10,14H2,1H3. The average Bonchev–Trinajstić information content (AvgIpc) is 2.76.